The van der Waals surface area contributed by atoms with Crippen molar-refractivity contribution in [3.63, 3.8) is 0 Å². The van der Waals surface area contributed by atoms with Crippen molar-refractivity contribution in [2.75, 3.05) is 12.5 Å². The lowest BCUT2D eigenvalue weighted by molar-refractivity contribution is -0.121. The predicted octanol–water partition coefficient (Wildman–Crippen LogP) is 0.502. The first kappa shape index (κ1) is 10.7. The Bertz CT molecular complexity index is 119. The number of rotatable bonds is 5. The molecule has 0 aromatic carbocycles. The summed E-state index contributed by atoms with van der Waals surface area (Å²) in [5.41, 5.74) is 0. The Morgan fingerprint density at radius 1 is 1.73 bits per heavy atom. The largest absolute Gasteiger partial charge is 0.394 e. The normalized spacial score (nSPS) is 12.6. The molecule has 0 radical (unpaired) electrons. The van der Waals surface area contributed by atoms with E-state index in [9.17, 15) is 4.79 Å². The quantitative estimate of drug-likeness (QED) is 0.604. The second-order valence-corrected chi connectivity index (χ2v) is 2.82. The van der Waals surface area contributed by atoms with Crippen LogP contribution in [0.3, 0.4) is 0 Å². The zero-order chi connectivity index (χ0) is 8.69. The van der Waals surface area contributed by atoms with E-state index in [1.807, 2.05) is 0 Å². The number of carbonyl (C=O) groups excluding carboxylic acids is 1. The number of carbonyl (C=O) groups is 1. The Morgan fingerprint density at radius 3 is 2.82 bits per heavy atom. The molecule has 0 saturated heterocycles. The van der Waals surface area contributed by atoms with Crippen LogP contribution in [-0.4, -0.2) is 29.5 Å². The lowest BCUT2D eigenvalue weighted by Crippen LogP contribution is -2.34. The third-order valence-corrected chi connectivity index (χ3v) is 1.49. The van der Waals surface area contributed by atoms with E-state index >= 15 is 0 Å². The number of aliphatic hydroxyl groups is 1. The second kappa shape index (κ2) is 6.43. The van der Waals surface area contributed by atoms with Gasteiger partial charge < -0.3 is 10.4 Å². The Kier molecular flexibility index (Phi) is 6.27. The van der Waals surface area contributed by atoms with E-state index in [0.29, 0.717) is 18.7 Å². The molecule has 0 saturated carbocycles. The molecule has 0 fully saturated rings. The summed E-state index contributed by atoms with van der Waals surface area (Å²) in [4.78, 5) is 10.9. The number of halogens is 1. The molecule has 1 atom stereocenters. The average molecular weight is 180 g/mol. The summed E-state index contributed by atoms with van der Waals surface area (Å²) in [7, 11) is 0. The average Bonchev–Trinajstić information content (AvgIpc) is 2.00. The third kappa shape index (κ3) is 6.13. The molecule has 3 nitrogen and oxygen atoms in total. The Hall–Kier alpha value is -0.280. The van der Waals surface area contributed by atoms with Gasteiger partial charge in [-0.15, -0.1) is 11.6 Å². The van der Waals surface area contributed by atoms with Gasteiger partial charge in [-0.05, 0) is 13.3 Å². The van der Waals surface area contributed by atoms with Crippen molar-refractivity contribution in [3.05, 3.63) is 0 Å². The highest BCUT2D eigenvalue weighted by Gasteiger charge is 2.04. The van der Waals surface area contributed by atoms with Crippen LogP contribution in [0.5, 0.6) is 0 Å². The third-order valence-electron chi connectivity index (χ3n) is 1.22. The van der Waals surface area contributed by atoms with Gasteiger partial charge in [0, 0.05) is 18.3 Å². The summed E-state index contributed by atoms with van der Waals surface area (Å²) in [5.74, 6) is 0.452. The fourth-order valence-corrected chi connectivity index (χ4v) is 0.754. The van der Waals surface area contributed by atoms with Crippen molar-refractivity contribution in [2.24, 2.45) is 0 Å². The van der Waals surface area contributed by atoms with Crippen molar-refractivity contribution in [3.8, 4) is 0 Å². The summed E-state index contributed by atoms with van der Waals surface area (Å²) in [6.07, 6.45) is 1.12. The molecule has 0 unspecified atom stereocenters. The van der Waals surface area contributed by atoms with Crippen LogP contribution < -0.4 is 5.32 Å². The monoisotopic (exact) mass is 179 g/mol. The van der Waals surface area contributed by atoms with Gasteiger partial charge in [0.15, 0.2) is 0 Å². The fraction of sp³-hybridized carbons (Fsp3) is 0.857. The van der Waals surface area contributed by atoms with Crippen molar-refractivity contribution >= 4 is 17.5 Å². The second-order valence-electron chi connectivity index (χ2n) is 2.44. The van der Waals surface area contributed by atoms with Crippen LogP contribution in [0.15, 0.2) is 0 Å². The highest BCUT2D eigenvalue weighted by atomic mass is 35.5. The van der Waals surface area contributed by atoms with E-state index < -0.39 is 0 Å². The van der Waals surface area contributed by atoms with Crippen molar-refractivity contribution < 1.29 is 9.90 Å². The lowest BCUT2D eigenvalue weighted by Gasteiger charge is -2.09. The summed E-state index contributed by atoms with van der Waals surface area (Å²) < 4.78 is 0. The van der Waals surface area contributed by atoms with Crippen LogP contribution in [0.4, 0.5) is 0 Å². The maximum absolute atomic E-state index is 10.9. The number of nitrogens with one attached hydrogen (secondary N) is 1. The van der Waals surface area contributed by atoms with Gasteiger partial charge in [0.05, 0.1) is 6.61 Å². The Labute approximate surface area is 71.7 Å². The van der Waals surface area contributed by atoms with E-state index in [1.54, 1.807) is 6.92 Å². The van der Waals surface area contributed by atoms with Gasteiger partial charge in [0.2, 0.25) is 5.91 Å². The zero-order valence-electron chi connectivity index (χ0n) is 6.64. The van der Waals surface area contributed by atoms with Crippen LogP contribution >= 0.6 is 11.6 Å². The van der Waals surface area contributed by atoms with Crippen LogP contribution in [0.1, 0.15) is 19.8 Å². The van der Waals surface area contributed by atoms with Crippen LogP contribution in [0, 0.1) is 0 Å². The van der Waals surface area contributed by atoms with Gasteiger partial charge in [-0.1, -0.05) is 0 Å². The highest BCUT2D eigenvalue weighted by molar-refractivity contribution is 6.17. The molecule has 0 aliphatic heterocycles. The molecule has 0 aromatic rings. The van der Waals surface area contributed by atoms with Gasteiger partial charge in [-0.3, -0.25) is 4.79 Å². The molecule has 0 heterocycles. The molecule has 0 rings (SSSR count). The molecule has 2 N–H and O–H groups in total. The lowest BCUT2D eigenvalue weighted by atomic mass is 10.3. The van der Waals surface area contributed by atoms with E-state index in [-0.39, 0.29) is 18.6 Å². The fourth-order valence-electron chi connectivity index (χ4n) is 0.620. The topological polar surface area (TPSA) is 49.3 Å². The smallest absolute Gasteiger partial charge is 0.220 e. The van der Waals surface area contributed by atoms with E-state index in [1.165, 1.54) is 0 Å². The minimum absolute atomic E-state index is 0.0212. The van der Waals surface area contributed by atoms with Crippen LogP contribution in [0.2, 0.25) is 0 Å². The predicted molar refractivity (Wildman–Crippen MR) is 44.6 cm³/mol. The minimum atomic E-state index is -0.155. The molecule has 0 spiro atoms. The van der Waals surface area contributed by atoms with Crippen molar-refractivity contribution in [2.45, 2.75) is 25.8 Å². The number of amides is 1. The van der Waals surface area contributed by atoms with Gasteiger partial charge in [-0.2, -0.15) is 0 Å². The molecule has 66 valence electrons. The molecular weight excluding hydrogens is 166 g/mol. The van der Waals surface area contributed by atoms with Gasteiger partial charge in [0.25, 0.3) is 0 Å². The number of hydrogen-bond donors (Lipinski definition) is 2. The maximum atomic E-state index is 10.9. The van der Waals surface area contributed by atoms with Crippen molar-refractivity contribution in [1.82, 2.24) is 5.32 Å². The van der Waals surface area contributed by atoms with Gasteiger partial charge >= 0.3 is 0 Å². The molecule has 0 aliphatic rings. The van der Waals surface area contributed by atoms with E-state index in [0.717, 1.165) is 0 Å². The minimum Gasteiger partial charge on any atom is -0.394 e. The summed E-state index contributed by atoms with van der Waals surface area (Å²) >= 11 is 5.39. The highest BCUT2D eigenvalue weighted by Crippen LogP contribution is 1.92. The summed E-state index contributed by atoms with van der Waals surface area (Å²) in [6.45, 7) is 1.73. The molecule has 0 aliphatic carbocycles. The maximum Gasteiger partial charge on any atom is 0.220 e. The molecule has 4 heteroatoms. The Morgan fingerprint density at radius 2 is 2.36 bits per heavy atom. The number of hydrogen-bond acceptors (Lipinski definition) is 2. The van der Waals surface area contributed by atoms with Gasteiger partial charge in [-0.25, -0.2) is 0 Å². The first-order valence-electron chi connectivity index (χ1n) is 3.67. The van der Waals surface area contributed by atoms with Crippen LogP contribution in [-0.2, 0) is 4.79 Å². The molecular formula is C7H14ClNO2. The van der Waals surface area contributed by atoms with E-state index in [4.69, 9.17) is 16.7 Å². The zero-order valence-corrected chi connectivity index (χ0v) is 7.40. The standard InChI is InChI=1S/C7H14ClNO2/c1-6(5-10)9-7(11)3-2-4-8/h6,10H,2-5H2,1H3,(H,9,11)/t6-/m0/s1. The van der Waals surface area contributed by atoms with Gasteiger partial charge in [0.1, 0.15) is 0 Å². The number of aliphatic hydroxyl groups excluding tert-OH is 1. The first-order valence-corrected chi connectivity index (χ1v) is 4.20. The molecule has 0 bridgehead atoms. The van der Waals surface area contributed by atoms with Crippen molar-refractivity contribution in [1.29, 1.82) is 0 Å². The van der Waals surface area contributed by atoms with E-state index in [2.05, 4.69) is 5.32 Å². The molecule has 1 amide bonds. The first-order chi connectivity index (χ1) is 5.20. The Balaban J connectivity index is 3.36. The molecule has 11 heavy (non-hydrogen) atoms. The van der Waals surface area contributed by atoms with Crippen LogP contribution in [0.25, 0.3) is 0 Å². The molecule has 0 aromatic heterocycles. The summed E-state index contributed by atoms with van der Waals surface area (Å²) in [5, 5.41) is 11.2. The number of alkyl halides is 1. The SMILES string of the molecule is C[C@@H](CO)NC(=O)CCCCl. The summed E-state index contributed by atoms with van der Waals surface area (Å²) in [6, 6.07) is -0.155.